The largest absolute Gasteiger partial charge is 0.465 e. The lowest BCUT2D eigenvalue weighted by molar-refractivity contribution is -0.0124. The van der Waals surface area contributed by atoms with Crippen LogP contribution in [0.15, 0.2) is 71.3 Å². The first-order chi connectivity index (χ1) is 17.1. The van der Waals surface area contributed by atoms with Crippen LogP contribution in [-0.4, -0.2) is 50.2 Å². The number of hydrogen-bond donors (Lipinski definition) is 1. The molecule has 1 saturated heterocycles. The van der Waals surface area contributed by atoms with Gasteiger partial charge in [0.25, 0.3) is 5.91 Å². The molecule has 7 heteroatoms. The Morgan fingerprint density at radius 2 is 1.77 bits per heavy atom. The second kappa shape index (κ2) is 9.68. The summed E-state index contributed by atoms with van der Waals surface area (Å²) in [6.45, 7) is 2.63. The van der Waals surface area contributed by atoms with E-state index in [1.165, 1.54) is 18.9 Å². The Labute approximate surface area is 205 Å². The molecule has 1 N–H and O–H groups in total. The molecule has 1 aliphatic carbocycles. The second-order valence-corrected chi connectivity index (χ2v) is 9.29. The molecule has 0 unspecified atom stereocenters. The van der Waals surface area contributed by atoms with Gasteiger partial charge >= 0.3 is 5.97 Å². The van der Waals surface area contributed by atoms with Crippen molar-refractivity contribution in [2.75, 3.05) is 27.3 Å². The van der Waals surface area contributed by atoms with Gasteiger partial charge in [-0.15, -0.1) is 0 Å². The zero-order chi connectivity index (χ0) is 24.4. The minimum Gasteiger partial charge on any atom is -0.465 e. The summed E-state index contributed by atoms with van der Waals surface area (Å²) in [5.74, 6) is -0.260. The van der Waals surface area contributed by atoms with Gasteiger partial charge in [-0.2, -0.15) is 0 Å². The van der Waals surface area contributed by atoms with E-state index in [2.05, 4.69) is 28.4 Å². The molecule has 0 radical (unpaired) electrons. The van der Waals surface area contributed by atoms with E-state index in [1.54, 1.807) is 19.2 Å². The smallest absolute Gasteiger partial charge is 0.337 e. The SMILES string of the molecule is COC(=O)c1ccc(CN2CCC3(CC2)c2ccccc2[C@@H](NC(=O)c2ccco2)[C@@H]3OC)cc1. The van der Waals surface area contributed by atoms with Gasteiger partial charge in [-0.25, -0.2) is 4.79 Å². The summed E-state index contributed by atoms with van der Waals surface area (Å²) in [5, 5.41) is 3.17. The fourth-order valence-corrected chi connectivity index (χ4v) is 5.78. The number of nitrogens with zero attached hydrogens (tertiary/aromatic N) is 1. The van der Waals surface area contributed by atoms with E-state index in [0.29, 0.717) is 11.3 Å². The van der Waals surface area contributed by atoms with Crippen LogP contribution in [0.25, 0.3) is 0 Å². The number of hydrogen-bond acceptors (Lipinski definition) is 6. The number of carbonyl (C=O) groups excluding carboxylic acids is 2. The first kappa shape index (κ1) is 23.3. The molecule has 2 aromatic carbocycles. The predicted molar refractivity (Wildman–Crippen MR) is 130 cm³/mol. The molecular formula is C28H30N2O5. The van der Waals surface area contributed by atoms with Gasteiger partial charge in [-0.3, -0.25) is 9.69 Å². The van der Waals surface area contributed by atoms with Gasteiger partial charge < -0.3 is 19.2 Å². The lowest BCUT2D eigenvalue weighted by Crippen LogP contribution is -2.50. The molecule has 2 heterocycles. The van der Waals surface area contributed by atoms with Gasteiger partial charge in [0.1, 0.15) is 0 Å². The van der Waals surface area contributed by atoms with Crippen LogP contribution in [-0.2, 0) is 21.4 Å². The minimum absolute atomic E-state index is 0.166. The number of esters is 1. The van der Waals surface area contributed by atoms with Crippen molar-refractivity contribution in [3.63, 3.8) is 0 Å². The van der Waals surface area contributed by atoms with Gasteiger partial charge in [0, 0.05) is 19.1 Å². The summed E-state index contributed by atoms with van der Waals surface area (Å²) in [4.78, 5) is 27.0. The molecule has 1 aromatic heterocycles. The highest BCUT2D eigenvalue weighted by atomic mass is 16.5. The monoisotopic (exact) mass is 474 g/mol. The zero-order valence-corrected chi connectivity index (χ0v) is 20.0. The summed E-state index contributed by atoms with van der Waals surface area (Å²) in [6.07, 6.45) is 3.19. The van der Waals surface area contributed by atoms with Crippen LogP contribution >= 0.6 is 0 Å². The average Bonchev–Trinajstić information content (AvgIpc) is 3.52. The number of ether oxygens (including phenoxy) is 2. The molecule has 2 atom stereocenters. The van der Waals surface area contributed by atoms with Crippen molar-refractivity contribution in [2.45, 2.75) is 36.9 Å². The highest BCUT2D eigenvalue weighted by Crippen LogP contribution is 2.52. The van der Waals surface area contributed by atoms with Gasteiger partial charge in [-0.1, -0.05) is 36.4 Å². The van der Waals surface area contributed by atoms with Crippen molar-refractivity contribution >= 4 is 11.9 Å². The maximum atomic E-state index is 12.8. The van der Waals surface area contributed by atoms with Crippen LogP contribution in [0.3, 0.4) is 0 Å². The molecule has 5 rings (SSSR count). The van der Waals surface area contributed by atoms with Gasteiger partial charge in [0.05, 0.1) is 31.1 Å². The number of benzene rings is 2. The number of likely N-dealkylation sites (tertiary alicyclic amines) is 1. The third kappa shape index (κ3) is 4.26. The fraction of sp³-hybridized carbons (Fsp3) is 0.357. The van der Waals surface area contributed by atoms with Crippen molar-refractivity contribution in [1.29, 1.82) is 0 Å². The molecule has 182 valence electrons. The van der Waals surface area contributed by atoms with Crippen LogP contribution in [0.5, 0.6) is 0 Å². The van der Waals surface area contributed by atoms with Gasteiger partial charge in [0.15, 0.2) is 5.76 Å². The Morgan fingerprint density at radius 3 is 2.43 bits per heavy atom. The quantitative estimate of drug-likeness (QED) is 0.542. The molecule has 3 aromatic rings. The number of rotatable bonds is 6. The second-order valence-electron chi connectivity index (χ2n) is 9.29. The van der Waals surface area contributed by atoms with Crippen molar-refractivity contribution in [3.8, 4) is 0 Å². The zero-order valence-electron chi connectivity index (χ0n) is 20.0. The molecular weight excluding hydrogens is 444 g/mol. The van der Waals surface area contributed by atoms with E-state index >= 15 is 0 Å². The van der Waals surface area contributed by atoms with Crippen LogP contribution in [0.2, 0.25) is 0 Å². The van der Waals surface area contributed by atoms with E-state index in [9.17, 15) is 9.59 Å². The van der Waals surface area contributed by atoms with Crippen LogP contribution in [0.1, 0.15) is 56.5 Å². The van der Waals surface area contributed by atoms with Crippen molar-refractivity contribution in [3.05, 3.63) is 94.9 Å². The molecule has 1 amide bonds. The lowest BCUT2D eigenvalue weighted by atomic mass is 9.72. The number of furan rings is 1. The van der Waals surface area contributed by atoms with E-state index in [1.807, 2.05) is 30.3 Å². The molecule has 7 nitrogen and oxygen atoms in total. The Kier molecular flexibility index (Phi) is 6.45. The molecule has 2 aliphatic rings. The number of methoxy groups -OCH3 is 2. The van der Waals surface area contributed by atoms with Gasteiger partial charge in [-0.05, 0) is 66.9 Å². The van der Waals surface area contributed by atoms with E-state index < -0.39 is 0 Å². The van der Waals surface area contributed by atoms with Crippen LogP contribution in [0, 0.1) is 0 Å². The fourth-order valence-electron chi connectivity index (χ4n) is 5.78. The number of amides is 1. The van der Waals surface area contributed by atoms with Crippen LogP contribution < -0.4 is 5.32 Å². The molecule has 1 fully saturated rings. The Hall–Kier alpha value is -3.42. The molecule has 0 saturated carbocycles. The Bertz CT molecular complexity index is 1180. The third-order valence-electron chi connectivity index (χ3n) is 7.49. The van der Waals surface area contributed by atoms with E-state index in [0.717, 1.165) is 43.6 Å². The maximum absolute atomic E-state index is 12.8. The summed E-state index contributed by atoms with van der Waals surface area (Å²) in [7, 11) is 3.13. The first-order valence-corrected chi connectivity index (χ1v) is 11.9. The highest BCUT2D eigenvalue weighted by Gasteiger charge is 2.54. The normalized spacial score (nSPS) is 21.0. The van der Waals surface area contributed by atoms with Crippen molar-refractivity contribution in [1.82, 2.24) is 10.2 Å². The summed E-state index contributed by atoms with van der Waals surface area (Å²) >= 11 is 0. The minimum atomic E-state index is -0.323. The highest BCUT2D eigenvalue weighted by molar-refractivity contribution is 5.92. The average molecular weight is 475 g/mol. The summed E-state index contributed by atoms with van der Waals surface area (Å²) in [5.41, 5.74) is 3.93. The van der Waals surface area contributed by atoms with Crippen molar-refractivity contribution in [2.24, 2.45) is 0 Å². The molecule has 35 heavy (non-hydrogen) atoms. The van der Waals surface area contributed by atoms with Gasteiger partial charge in [0.2, 0.25) is 0 Å². The van der Waals surface area contributed by atoms with E-state index in [4.69, 9.17) is 13.9 Å². The topological polar surface area (TPSA) is 81.0 Å². The standard InChI is InChI=1S/C28H30N2O5/c1-33-25-24(29-26(31)23-8-5-17-35-23)21-6-3-4-7-22(21)28(25)13-15-30(16-14-28)18-19-9-11-20(12-10-19)27(32)34-2/h3-12,17,24-25H,13-16,18H2,1-2H3,(H,29,31)/t24-,25+/m1/s1. The van der Waals surface area contributed by atoms with Crippen LogP contribution in [0.4, 0.5) is 0 Å². The van der Waals surface area contributed by atoms with E-state index in [-0.39, 0.29) is 29.4 Å². The summed E-state index contributed by atoms with van der Waals surface area (Å²) < 4.78 is 16.2. The predicted octanol–water partition coefficient (Wildman–Crippen LogP) is 4.10. The number of fused-ring (bicyclic) bond motifs is 2. The lowest BCUT2D eigenvalue weighted by Gasteiger charge is -2.44. The molecule has 1 aliphatic heterocycles. The Morgan fingerprint density at radius 1 is 1.03 bits per heavy atom. The first-order valence-electron chi connectivity index (χ1n) is 11.9. The number of piperidine rings is 1. The number of nitrogens with one attached hydrogen (secondary N) is 1. The third-order valence-corrected chi connectivity index (χ3v) is 7.49. The van der Waals surface area contributed by atoms with Crippen molar-refractivity contribution < 1.29 is 23.5 Å². The Balaban J connectivity index is 1.32. The molecule has 1 spiro atoms. The molecule has 0 bridgehead atoms. The maximum Gasteiger partial charge on any atom is 0.337 e. The number of carbonyl (C=O) groups is 2. The summed E-state index contributed by atoms with van der Waals surface area (Å²) in [6, 6.07) is 19.1.